The highest BCUT2D eigenvalue weighted by Crippen LogP contribution is 2.27. The number of halogens is 2. The van der Waals surface area contributed by atoms with Gasteiger partial charge in [0.2, 0.25) is 0 Å². The maximum atomic E-state index is 13.1. The number of nitrogens with two attached hydrogens (primary N) is 1. The number of carbonyl (C=O) groups is 2. The minimum Gasteiger partial charge on any atom is -0.366 e. The van der Waals surface area contributed by atoms with Gasteiger partial charge in [0, 0.05) is 17.0 Å². The highest BCUT2D eigenvalue weighted by Gasteiger charge is 2.22. The highest BCUT2D eigenvalue weighted by atomic mass is 35.5. The summed E-state index contributed by atoms with van der Waals surface area (Å²) in [5, 5.41) is 7.91. The van der Waals surface area contributed by atoms with E-state index < -0.39 is 11.8 Å². The average Bonchev–Trinajstić information content (AvgIpc) is 3.08. The molecule has 0 aliphatic heterocycles. The summed E-state index contributed by atoms with van der Waals surface area (Å²) in [6.07, 6.45) is 3.50. The molecule has 2 amide bonds. The molecule has 3 N–H and O–H groups in total. The van der Waals surface area contributed by atoms with Gasteiger partial charge in [-0.1, -0.05) is 23.2 Å². The number of benzene rings is 1. The number of aryl methyl sites for hydroxylation is 1. The van der Waals surface area contributed by atoms with Crippen molar-refractivity contribution in [3.8, 4) is 5.82 Å². The molecule has 0 aliphatic rings. The Kier molecular flexibility index (Phi) is 6.46. The van der Waals surface area contributed by atoms with Gasteiger partial charge in [-0.05, 0) is 49.1 Å². The Hall–Kier alpha value is -2.55. The molecule has 2 aromatic heterocycles. The van der Waals surface area contributed by atoms with Crippen molar-refractivity contribution in [3.63, 3.8) is 0 Å². The second-order valence-corrected chi connectivity index (χ2v) is 7.85. The van der Waals surface area contributed by atoms with Gasteiger partial charge in [0.15, 0.2) is 5.82 Å². The predicted octanol–water partition coefficient (Wildman–Crippen LogP) is 4.10. The van der Waals surface area contributed by atoms with E-state index in [2.05, 4.69) is 15.4 Å². The molecule has 0 atom stereocenters. The number of anilines is 1. The van der Waals surface area contributed by atoms with Crippen LogP contribution in [-0.4, -0.2) is 32.8 Å². The summed E-state index contributed by atoms with van der Waals surface area (Å²) in [5.74, 6) is -0.256. The molecule has 0 spiro atoms. The predicted molar refractivity (Wildman–Crippen MR) is 116 cm³/mol. The SMILES string of the molecule is CSCc1cc(C(=O)Nc2c(C)cc(Cl)cc2C(N)=O)n(-c2ncccc2Cl)n1. The first-order valence-corrected chi connectivity index (χ1v) is 10.6. The Balaban J connectivity index is 2.07. The lowest BCUT2D eigenvalue weighted by Gasteiger charge is -2.13. The molecule has 0 saturated heterocycles. The van der Waals surface area contributed by atoms with Crippen molar-refractivity contribution in [2.75, 3.05) is 11.6 Å². The number of nitrogens with one attached hydrogen (secondary N) is 1. The van der Waals surface area contributed by atoms with E-state index in [1.165, 1.54) is 10.7 Å². The van der Waals surface area contributed by atoms with E-state index in [1.54, 1.807) is 49.1 Å². The monoisotopic (exact) mass is 449 g/mol. The van der Waals surface area contributed by atoms with Crippen molar-refractivity contribution >= 4 is 52.5 Å². The quantitative estimate of drug-likeness (QED) is 0.589. The summed E-state index contributed by atoms with van der Waals surface area (Å²) in [5.41, 5.74) is 7.38. The minimum atomic E-state index is -0.699. The van der Waals surface area contributed by atoms with Gasteiger partial charge in [-0.15, -0.1) is 0 Å². The van der Waals surface area contributed by atoms with Gasteiger partial charge in [0.1, 0.15) is 5.69 Å². The number of pyridine rings is 1. The largest absolute Gasteiger partial charge is 0.366 e. The lowest BCUT2D eigenvalue weighted by atomic mass is 10.1. The Labute approximate surface area is 181 Å². The van der Waals surface area contributed by atoms with Crippen LogP contribution in [0.15, 0.2) is 36.5 Å². The van der Waals surface area contributed by atoms with Crippen LogP contribution in [-0.2, 0) is 5.75 Å². The maximum absolute atomic E-state index is 13.1. The first kappa shape index (κ1) is 21.2. The molecule has 0 fully saturated rings. The fourth-order valence-electron chi connectivity index (χ4n) is 2.79. The van der Waals surface area contributed by atoms with Crippen molar-refractivity contribution in [1.82, 2.24) is 14.8 Å². The molecule has 29 heavy (non-hydrogen) atoms. The molecular formula is C19H17Cl2N5O2S. The van der Waals surface area contributed by atoms with Crippen molar-refractivity contribution in [1.29, 1.82) is 0 Å². The highest BCUT2D eigenvalue weighted by molar-refractivity contribution is 7.97. The van der Waals surface area contributed by atoms with Crippen LogP contribution in [0.5, 0.6) is 0 Å². The van der Waals surface area contributed by atoms with Crippen molar-refractivity contribution in [2.24, 2.45) is 5.73 Å². The van der Waals surface area contributed by atoms with Gasteiger partial charge in [-0.3, -0.25) is 9.59 Å². The van der Waals surface area contributed by atoms with Crippen LogP contribution in [0.4, 0.5) is 5.69 Å². The molecule has 1 aromatic carbocycles. The van der Waals surface area contributed by atoms with E-state index in [9.17, 15) is 9.59 Å². The second kappa shape index (κ2) is 8.86. The molecule has 0 saturated carbocycles. The molecule has 0 bridgehead atoms. The standard InChI is InChI=1S/C19H17Cl2N5O2S/c1-10-6-11(20)7-13(17(22)27)16(10)24-19(28)15-8-12(9-29-2)25-26(15)18-14(21)4-3-5-23-18/h3-8H,9H2,1-2H3,(H2,22,27)(H,24,28). The smallest absolute Gasteiger partial charge is 0.274 e. The van der Waals surface area contributed by atoms with Crippen molar-refractivity contribution < 1.29 is 9.59 Å². The number of hydrogen-bond acceptors (Lipinski definition) is 5. The third-order valence-electron chi connectivity index (χ3n) is 4.03. The normalized spacial score (nSPS) is 10.8. The summed E-state index contributed by atoms with van der Waals surface area (Å²) >= 11 is 13.8. The summed E-state index contributed by atoms with van der Waals surface area (Å²) in [4.78, 5) is 29.2. The number of amides is 2. The summed E-state index contributed by atoms with van der Waals surface area (Å²) < 4.78 is 1.39. The number of rotatable bonds is 6. The lowest BCUT2D eigenvalue weighted by Crippen LogP contribution is -2.21. The molecule has 150 valence electrons. The topological polar surface area (TPSA) is 103 Å². The van der Waals surface area contributed by atoms with Gasteiger partial charge in [-0.25, -0.2) is 9.67 Å². The Morgan fingerprint density at radius 3 is 2.69 bits per heavy atom. The molecule has 3 aromatic rings. The minimum absolute atomic E-state index is 0.120. The maximum Gasteiger partial charge on any atom is 0.274 e. The Bertz CT molecular complexity index is 1100. The number of nitrogens with zero attached hydrogens (tertiary/aromatic N) is 3. The number of primary amides is 1. The number of aromatic nitrogens is 3. The van der Waals surface area contributed by atoms with E-state index in [0.29, 0.717) is 32.9 Å². The van der Waals surface area contributed by atoms with Gasteiger partial charge < -0.3 is 11.1 Å². The summed E-state index contributed by atoms with van der Waals surface area (Å²) in [6.45, 7) is 1.72. The van der Waals surface area contributed by atoms with Crippen molar-refractivity contribution in [2.45, 2.75) is 12.7 Å². The van der Waals surface area contributed by atoms with Crippen LogP contribution in [0.1, 0.15) is 32.1 Å². The fraction of sp³-hybridized carbons (Fsp3) is 0.158. The first-order chi connectivity index (χ1) is 13.8. The van der Waals surface area contributed by atoms with Gasteiger partial charge >= 0.3 is 0 Å². The molecule has 0 aliphatic carbocycles. The summed E-state index contributed by atoms with van der Waals surface area (Å²) in [6, 6.07) is 8.06. The van der Waals surface area contributed by atoms with E-state index in [4.69, 9.17) is 28.9 Å². The second-order valence-electron chi connectivity index (χ2n) is 6.14. The number of carbonyl (C=O) groups excluding carboxylic acids is 2. The Morgan fingerprint density at radius 1 is 1.28 bits per heavy atom. The molecular weight excluding hydrogens is 433 g/mol. The molecule has 0 radical (unpaired) electrons. The summed E-state index contributed by atoms with van der Waals surface area (Å²) in [7, 11) is 0. The molecule has 2 heterocycles. The zero-order chi connectivity index (χ0) is 21.1. The van der Waals surface area contributed by atoms with E-state index >= 15 is 0 Å². The van der Waals surface area contributed by atoms with Crippen LogP contribution >= 0.6 is 35.0 Å². The molecule has 0 unspecified atom stereocenters. The fourth-order valence-corrected chi connectivity index (χ4v) is 3.70. The average molecular weight is 450 g/mol. The number of thioether (sulfide) groups is 1. The van der Waals surface area contributed by atoms with Crippen LogP contribution in [0.25, 0.3) is 5.82 Å². The zero-order valence-electron chi connectivity index (χ0n) is 15.6. The molecule has 7 nitrogen and oxygen atoms in total. The van der Waals surface area contributed by atoms with Crippen LogP contribution in [0, 0.1) is 6.92 Å². The van der Waals surface area contributed by atoms with Gasteiger partial charge in [0.25, 0.3) is 11.8 Å². The Morgan fingerprint density at radius 2 is 2.03 bits per heavy atom. The zero-order valence-corrected chi connectivity index (χ0v) is 17.9. The van der Waals surface area contributed by atoms with E-state index in [1.807, 2.05) is 6.26 Å². The van der Waals surface area contributed by atoms with Crippen LogP contribution in [0.3, 0.4) is 0 Å². The van der Waals surface area contributed by atoms with E-state index in [-0.39, 0.29) is 16.9 Å². The molecule has 3 rings (SSSR count). The first-order valence-electron chi connectivity index (χ1n) is 8.42. The van der Waals surface area contributed by atoms with Crippen LogP contribution in [0.2, 0.25) is 10.0 Å². The van der Waals surface area contributed by atoms with Gasteiger partial charge in [0.05, 0.1) is 22.0 Å². The number of hydrogen-bond donors (Lipinski definition) is 2. The molecule has 10 heteroatoms. The lowest BCUT2D eigenvalue weighted by molar-refractivity contribution is 0.100. The third-order valence-corrected chi connectivity index (χ3v) is 5.13. The van der Waals surface area contributed by atoms with Crippen LogP contribution < -0.4 is 11.1 Å². The third kappa shape index (κ3) is 4.55. The van der Waals surface area contributed by atoms with Gasteiger partial charge in [-0.2, -0.15) is 16.9 Å². The van der Waals surface area contributed by atoms with Crippen molar-refractivity contribution in [3.05, 3.63) is 69.1 Å². The van der Waals surface area contributed by atoms with E-state index in [0.717, 1.165) is 0 Å².